The van der Waals surface area contributed by atoms with Gasteiger partial charge in [0.05, 0.1) is 39.1 Å². The number of ether oxygens (including phenoxy) is 5. The topological polar surface area (TPSA) is 143 Å². The van der Waals surface area contributed by atoms with Crippen molar-refractivity contribution >= 4 is 28.3 Å². The van der Waals surface area contributed by atoms with Crippen molar-refractivity contribution in [2.24, 2.45) is 5.73 Å². The number of thiazole rings is 1. The summed E-state index contributed by atoms with van der Waals surface area (Å²) < 4.78 is 43.6. The van der Waals surface area contributed by atoms with Crippen LogP contribution >= 0.6 is 11.3 Å². The van der Waals surface area contributed by atoms with Crippen LogP contribution < -0.4 is 25.8 Å². The van der Waals surface area contributed by atoms with Gasteiger partial charge in [-0.05, 0) is 66.4 Å². The van der Waals surface area contributed by atoms with Crippen molar-refractivity contribution in [3.63, 3.8) is 0 Å². The number of nitrogens with zero attached hydrogens (tertiary/aromatic N) is 1. The molecule has 5 rings (SSSR count). The zero-order chi connectivity index (χ0) is 33.9. The van der Waals surface area contributed by atoms with E-state index >= 15 is 4.39 Å². The van der Waals surface area contributed by atoms with Crippen LogP contribution in [0.25, 0.3) is 11.1 Å². The predicted molar refractivity (Wildman–Crippen MR) is 180 cm³/mol. The maximum Gasteiger partial charge on any atom is 0.337 e. The third kappa shape index (κ3) is 8.94. The number of carbonyl (C=O) groups excluding carboxylic acids is 2. The molecule has 4 aromatic rings. The average Bonchev–Trinajstić information content (AvgIpc) is 3.59. The van der Waals surface area contributed by atoms with Gasteiger partial charge in [-0.2, -0.15) is 0 Å². The molecule has 0 unspecified atom stereocenters. The number of nitrogens with one attached hydrogen (secondary N) is 2. The van der Waals surface area contributed by atoms with Gasteiger partial charge in [0.15, 0.2) is 16.6 Å². The molecule has 4 N–H and O–H groups in total. The number of aromatic nitrogens is 1. The molecule has 0 radical (unpaired) electrons. The van der Waals surface area contributed by atoms with Crippen LogP contribution in [0.5, 0.6) is 17.2 Å². The molecule has 0 bridgehead atoms. The van der Waals surface area contributed by atoms with Crippen molar-refractivity contribution in [2.45, 2.75) is 25.3 Å². The summed E-state index contributed by atoms with van der Waals surface area (Å²) in [6.07, 6.45) is 2.50. The van der Waals surface area contributed by atoms with Gasteiger partial charge < -0.3 is 40.1 Å². The zero-order valence-electron chi connectivity index (χ0n) is 26.9. The highest BCUT2D eigenvalue weighted by Crippen LogP contribution is 2.41. The number of amides is 1. The number of hydrogen-bond donors (Lipinski definition) is 3. The largest absolute Gasteiger partial charge is 0.487 e. The monoisotopic (exact) mass is 678 g/mol. The lowest BCUT2D eigenvalue weighted by Crippen LogP contribution is -2.47. The number of methoxy groups -OCH3 is 1. The van der Waals surface area contributed by atoms with Crippen LogP contribution in [-0.4, -0.2) is 70.1 Å². The molecule has 0 fully saturated rings. The van der Waals surface area contributed by atoms with Gasteiger partial charge in [0, 0.05) is 48.3 Å². The second-order valence-corrected chi connectivity index (χ2v) is 12.1. The van der Waals surface area contributed by atoms with Crippen molar-refractivity contribution in [3.8, 4) is 28.4 Å². The molecular formula is C35H39FN4O7S. The van der Waals surface area contributed by atoms with Gasteiger partial charge in [-0.15, -0.1) is 11.3 Å². The van der Waals surface area contributed by atoms with Gasteiger partial charge in [0.2, 0.25) is 5.91 Å². The summed E-state index contributed by atoms with van der Waals surface area (Å²) in [7, 11) is 1.31. The maximum absolute atomic E-state index is 15.5. The van der Waals surface area contributed by atoms with Crippen LogP contribution in [0.4, 0.5) is 9.52 Å². The van der Waals surface area contributed by atoms with Gasteiger partial charge in [-0.3, -0.25) is 4.79 Å². The molecule has 1 aliphatic rings. The highest BCUT2D eigenvalue weighted by atomic mass is 32.1. The van der Waals surface area contributed by atoms with E-state index in [1.165, 1.54) is 24.5 Å². The first-order valence-electron chi connectivity index (χ1n) is 15.6. The quantitative estimate of drug-likeness (QED) is 0.106. The minimum absolute atomic E-state index is 0.150. The first kappa shape index (κ1) is 34.9. The fourth-order valence-corrected chi connectivity index (χ4v) is 6.00. The summed E-state index contributed by atoms with van der Waals surface area (Å²) in [4.78, 5) is 29.0. The summed E-state index contributed by atoms with van der Waals surface area (Å²) in [6, 6.07) is 14.8. The molecule has 254 valence electrons. The van der Waals surface area contributed by atoms with Crippen molar-refractivity contribution < 1.29 is 37.7 Å². The van der Waals surface area contributed by atoms with Crippen molar-refractivity contribution in [2.75, 3.05) is 58.6 Å². The van der Waals surface area contributed by atoms with Gasteiger partial charge >= 0.3 is 5.97 Å². The minimum Gasteiger partial charge on any atom is -0.487 e. The minimum atomic E-state index is -0.719. The second kappa shape index (κ2) is 16.6. The van der Waals surface area contributed by atoms with Crippen LogP contribution in [0, 0.1) is 5.82 Å². The Morgan fingerprint density at radius 2 is 1.79 bits per heavy atom. The molecule has 1 amide bonds. The van der Waals surface area contributed by atoms with E-state index in [4.69, 9.17) is 29.4 Å². The summed E-state index contributed by atoms with van der Waals surface area (Å²) >= 11 is 1.35. The Morgan fingerprint density at radius 1 is 1.02 bits per heavy atom. The Labute approximate surface area is 282 Å². The van der Waals surface area contributed by atoms with Crippen LogP contribution in [0.3, 0.4) is 0 Å². The fraction of sp³-hybridized carbons (Fsp3) is 0.343. The second-order valence-electron chi connectivity index (χ2n) is 11.2. The van der Waals surface area contributed by atoms with Gasteiger partial charge in [0.1, 0.15) is 18.2 Å². The Kier molecular flexibility index (Phi) is 12.1. The maximum atomic E-state index is 15.5. The molecule has 1 aliphatic heterocycles. The molecule has 48 heavy (non-hydrogen) atoms. The third-order valence-corrected chi connectivity index (χ3v) is 8.46. The SMILES string of the molecule is COC(=O)c1ccc(-c2ccc(Oc3cc4c(cc3OCCOCCOCCN)CCN[C@]4(C)CC(=O)Nc3nccs3)cc2F)cc1. The predicted octanol–water partition coefficient (Wildman–Crippen LogP) is 5.29. The van der Waals surface area contributed by atoms with Gasteiger partial charge in [-0.25, -0.2) is 14.2 Å². The van der Waals surface area contributed by atoms with E-state index in [0.717, 1.165) is 11.1 Å². The number of anilines is 1. The lowest BCUT2D eigenvalue weighted by atomic mass is 9.81. The molecule has 0 spiro atoms. The normalized spacial score (nSPS) is 15.4. The Bertz CT molecular complexity index is 1690. The number of esters is 1. The van der Waals surface area contributed by atoms with E-state index in [2.05, 4.69) is 15.6 Å². The standard InChI is InChI=1S/C35H39FN4O7S/c1-35(22-32(41)40-34-38-12-18-48-34)28-21-31(30(19-25(28)9-11-39-35)46-17-16-45-15-14-44-13-10-37)47-26-7-8-27(29(36)20-26)23-3-5-24(6-4-23)33(42)43-2/h3-8,12,18-21,39H,9-11,13-17,22,37H2,1-2H3,(H,38,40,41)/t35-/m1/s1. The van der Waals surface area contributed by atoms with Crippen LogP contribution in [0.2, 0.25) is 0 Å². The smallest absolute Gasteiger partial charge is 0.337 e. The summed E-state index contributed by atoms with van der Waals surface area (Å²) in [5.41, 5.74) is 7.92. The molecule has 0 aliphatic carbocycles. The van der Waals surface area contributed by atoms with Crippen molar-refractivity contribution in [1.29, 1.82) is 0 Å². The van der Waals surface area contributed by atoms with Crippen molar-refractivity contribution in [3.05, 3.63) is 88.7 Å². The third-order valence-electron chi connectivity index (χ3n) is 7.77. The summed E-state index contributed by atoms with van der Waals surface area (Å²) in [6.45, 7) is 4.95. The van der Waals surface area contributed by atoms with E-state index in [0.29, 0.717) is 79.3 Å². The highest BCUT2D eigenvalue weighted by molar-refractivity contribution is 7.13. The number of benzene rings is 3. The Hall–Kier alpha value is -4.40. The van der Waals surface area contributed by atoms with Crippen LogP contribution in [0.1, 0.15) is 34.8 Å². The van der Waals surface area contributed by atoms with Crippen molar-refractivity contribution in [1.82, 2.24) is 10.3 Å². The van der Waals surface area contributed by atoms with E-state index < -0.39 is 17.3 Å². The number of fused-ring (bicyclic) bond motifs is 1. The Balaban J connectivity index is 1.37. The average molecular weight is 679 g/mol. The van der Waals surface area contributed by atoms with E-state index in [-0.39, 0.29) is 24.7 Å². The number of nitrogens with two attached hydrogens (primary N) is 1. The lowest BCUT2D eigenvalue weighted by molar-refractivity contribution is -0.117. The van der Waals surface area contributed by atoms with Gasteiger partial charge in [-0.1, -0.05) is 12.1 Å². The highest BCUT2D eigenvalue weighted by Gasteiger charge is 2.35. The van der Waals surface area contributed by atoms with Crippen LogP contribution in [-0.2, 0) is 31.0 Å². The summed E-state index contributed by atoms with van der Waals surface area (Å²) in [5.74, 6) is -0.0632. The molecule has 13 heteroatoms. The molecule has 11 nitrogen and oxygen atoms in total. The van der Waals surface area contributed by atoms with E-state index in [9.17, 15) is 9.59 Å². The lowest BCUT2D eigenvalue weighted by Gasteiger charge is -2.37. The number of halogens is 1. The molecule has 2 heterocycles. The molecule has 0 saturated heterocycles. The molecular weight excluding hydrogens is 639 g/mol. The zero-order valence-corrected chi connectivity index (χ0v) is 27.7. The molecule has 0 saturated carbocycles. The first-order valence-corrected chi connectivity index (χ1v) is 16.4. The molecule has 3 aromatic carbocycles. The summed E-state index contributed by atoms with van der Waals surface area (Å²) in [5, 5.41) is 8.69. The van der Waals surface area contributed by atoms with Gasteiger partial charge in [0.25, 0.3) is 0 Å². The van der Waals surface area contributed by atoms with E-state index in [1.54, 1.807) is 48.0 Å². The number of carbonyl (C=O) groups is 2. The fourth-order valence-electron chi connectivity index (χ4n) is 5.45. The van der Waals surface area contributed by atoms with Crippen LogP contribution in [0.15, 0.2) is 66.2 Å². The molecule has 1 atom stereocenters. The Morgan fingerprint density at radius 3 is 2.50 bits per heavy atom. The number of hydrogen-bond acceptors (Lipinski definition) is 11. The van der Waals surface area contributed by atoms with E-state index in [1.807, 2.05) is 19.1 Å². The first-order chi connectivity index (χ1) is 23.3. The molecule has 1 aromatic heterocycles. The number of rotatable bonds is 16.